The Balaban J connectivity index is 1.75. The van der Waals surface area contributed by atoms with Crippen LogP contribution < -0.4 is 15.4 Å². The van der Waals surface area contributed by atoms with Crippen molar-refractivity contribution in [2.24, 2.45) is 23.7 Å². The number of hydrogen-bond acceptors (Lipinski definition) is 6. The molecule has 7 atom stereocenters. The van der Waals surface area contributed by atoms with E-state index >= 15 is 0 Å². The second kappa shape index (κ2) is 10.4. The molecule has 3 amide bonds. The van der Waals surface area contributed by atoms with Crippen molar-refractivity contribution in [2.45, 2.75) is 97.1 Å². The Labute approximate surface area is 232 Å². The number of carbonyl (C=O) groups excluding carboxylic acids is 3. The van der Waals surface area contributed by atoms with Crippen LogP contribution >= 0.6 is 0 Å². The monoisotopic (exact) mass is 543 g/mol. The minimum atomic E-state index is -1.16. The van der Waals surface area contributed by atoms with Gasteiger partial charge < -0.3 is 30.1 Å². The highest BCUT2D eigenvalue weighted by atomic mass is 16.5. The number of fused-ring (bicyclic) bond motifs is 1. The Kier molecular flexibility index (Phi) is 7.82. The van der Waals surface area contributed by atoms with Crippen LogP contribution in [0.3, 0.4) is 0 Å². The first-order chi connectivity index (χ1) is 18.2. The maximum Gasteiger partial charge on any atom is 0.246 e. The highest BCUT2D eigenvalue weighted by Gasteiger charge is 2.80. The highest BCUT2D eigenvalue weighted by Crippen LogP contribution is 2.65. The number of carbonyl (C=O) groups is 3. The number of hydrogen-bond donors (Lipinski definition) is 3. The number of ether oxygens (including phenoxy) is 2. The molecule has 3 unspecified atom stereocenters. The largest absolute Gasteiger partial charge is 0.494 e. The molecule has 0 saturated carbocycles. The summed E-state index contributed by atoms with van der Waals surface area (Å²) in [4.78, 5) is 43.7. The lowest BCUT2D eigenvalue weighted by molar-refractivity contribution is -0.150. The molecular weight excluding hydrogens is 498 g/mol. The summed E-state index contributed by atoms with van der Waals surface area (Å²) in [5.41, 5.74) is -2.03. The Morgan fingerprint density at radius 1 is 1.21 bits per heavy atom. The number of benzene rings is 1. The first-order valence-corrected chi connectivity index (χ1v) is 14.2. The summed E-state index contributed by atoms with van der Waals surface area (Å²) in [5, 5.41) is 16.4. The Morgan fingerprint density at radius 2 is 1.85 bits per heavy atom. The third-order valence-electron chi connectivity index (χ3n) is 8.56. The van der Waals surface area contributed by atoms with E-state index in [0.29, 0.717) is 30.9 Å². The van der Waals surface area contributed by atoms with Gasteiger partial charge in [-0.2, -0.15) is 0 Å². The molecule has 0 aliphatic carbocycles. The van der Waals surface area contributed by atoms with Crippen molar-refractivity contribution >= 4 is 23.4 Å². The van der Waals surface area contributed by atoms with Crippen molar-refractivity contribution < 1.29 is 29.0 Å². The topological polar surface area (TPSA) is 117 Å². The second-order valence-corrected chi connectivity index (χ2v) is 13.1. The zero-order valence-electron chi connectivity index (χ0n) is 24.5. The summed E-state index contributed by atoms with van der Waals surface area (Å²) in [7, 11) is 0. The lowest BCUT2D eigenvalue weighted by Crippen LogP contribution is -2.60. The van der Waals surface area contributed by atoms with Crippen LogP contribution in [0.25, 0.3) is 0 Å². The molecule has 1 spiro atoms. The molecule has 2 bridgehead atoms. The molecule has 4 rings (SSSR count). The molecule has 1 aromatic carbocycles. The molecule has 39 heavy (non-hydrogen) atoms. The minimum absolute atomic E-state index is 0.0693. The fourth-order valence-corrected chi connectivity index (χ4v) is 7.05. The molecule has 3 aliphatic rings. The van der Waals surface area contributed by atoms with Crippen LogP contribution in [0.2, 0.25) is 0 Å². The van der Waals surface area contributed by atoms with Crippen molar-refractivity contribution in [1.82, 2.24) is 10.2 Å². The minimum Gasteiger partial charge on any atom is -0.494 e. The van der Waals surface area contributed by atoms with Gasteiger partial charge in [0.15, 0.2) is 0 Å². The highest BCUT2D eigenvalue weighted by molar-refractivity contribution is 6.02. The van der Waals surface area contributed by atoms with Crippen LogP contribution in [0.15, 0.2) is 24.3 Å². The first kappa shape index (κ1) is 29.3. The summed E-state index contributed by atoms with van der Waals surface area (Å²) >= 11 is 0. The maximum atomic E-state index is 14.3. The average molecular weight is 544 g/mol. The molecule has 1 aromatic rings. The predicted molar refractivity (Wildman–Crippen MR) is 148 cm³/mol. The molecule has 3 aliphatic heterocycles. The predicted octanol–water partition coefficient (Wildman–Crippen LogP) is 3.36. The van der Waals surface area contributed by atoms with E-state index in [4.69, 9.17) is 9.47 Å². The van der Waals surface area contributed by atoms with Gasteiger partial charge in [-0.1, -0.05) is 20.8 Å². The van der Waals surface area contributed by atoms with Crippen LogP contribution in [0.1, 0.15) is 68.2 Å². The number of aliphatic hydroxyl groups excluding tert-OH is 1. The quantitative estimate of drug-likeness (QED) is 0.440. The Bertz CT molecular complexity index is 1100. The van der Waals surface area contributed by atoms with E-state index in [1.807, 2.05) is 55.4 Å². The van der Waals surface area contributed by atoms with Gasteiger partial charge in [0.25, 0.3) is 0 Å². The number of nitrogens with zero attached hydrogens (tertiary/aromatic N) is 1. The molecular formula is C30H45N3O6. The van der Waals surface area contributed by atoms with Gasteiger partial charge in [0.05, 0.1) is 36.7 Å². The molecule has 3 N–H and O–H groups in total. The normalized spacial score (nSPS) is 32.4. The van der Waals surface area contributed by atoms with Crippen LogP contribution in [0.5, 0.6) is 5.75 Å². The Hall–Kier alpha value is -2.65. The van der Waals surface area contributed by atoms with Crippen molar-refractivity contribution in [2.75, 3.05) is 18.5 Å². The van der Waals surface area contributed by atoms with E-state index in [2.05, 4.69) is 10.6 Å². The van der Waals surface area contributed by atoms with E-state index < -0.39 is 40.7 Å². The van der Waals surface area contributed by atoms with Gasteiger partial charge >= 0.3 is 0 Å². The second-order valence-electron chi connectivity index (χ2n) is 13.1. The van der Waals surface area contributed by atoms with Crippen molar-refractivity contribution in [3.8, 4) is 5.75 Å². The van der Waals surface area contributed by atoms with Crippen LogP contribution in [-0.4, -0.2) is 69.8 Å². The SMILES string of the molecule is CCOc1ccc(NC(=O)[C@H]2[C@H]3C(=O)N([C@@H](CO)CC(C)C)C(C(=O)NC(C)(C)C)C34CC(C)[C@]2(C)O4)cc1. The average Bonchev–Trinajstić information content (AvgIpc) is 3.34. The summed E-state index contributed by atoms with van der Waals surface area (Å²) in [6, 6.07) is 5.60. The molecule has 0 aromatic heterocycles. The van der Waals surface area contributed by atoms with Gasteiger partial charge in [0, 0.05) is 11.2 Å². The standard InChI is InChI=1S/C30H45N3O6/c1-9-38-21-12-10-19(11-13-21)31-25(35)22-23-27(37)33(20(16-34)14-17(2)3)24(26(36)32-28(5,6)7)30(23)15-18(4)29(22,8)39-30/h10-13,17-18,20,22-24,34H,9,14-16H2,1-8H3,(H,31,35)(H,32,36)/t18?,20-,22-,23+,24?,29+,30?/m1/s1. The van der Waals surface area contributed by atoms with Gasteiger partial charge in [-0.05, 0) is 83.6 Å². The van der Waals surface area contributed by atoms with Crippen LogP contribution in [-0.2, 0) is 19.1 Å². The third kappa shape index (κ3) is 5.04. The Morgan fingerprint density at radius 3 is 2.38 bits per heavy atom. The van der Waals surface area contributed by atoms with E-state index in [-0.39, 0.29) is 36.2 Å². The summed E-state index contributed by atoms with van der Waals surface area (Å²) < 4.78 is 12.3. The van der Waals surface area contributed by atoms with Gasteiger partial charge in [0.1, 0.15) is 17.4 Å². The lowest BCUT2D eigenvalue weighted by Gasteiger charge is -2.39. The van der Waals surface area contributed by atoms with E-state index in [0.717, 1.165) is 0 Å². The molecule has 9 nitrogen and oxygen atoms in total. The summed E-state index contributed by atoms with van der Waals surface area (Å²) in [5.74, 6) is -1.74. The first-order valence-electron chi connectivity index (χ1n) is 14.2. The van der Waals surface area contributed by atoms with Gasteiger partial charge in [-0.3, -0.25) is 14.4 Å². The number of anilines is 1. The number of aliphatic hydroxyl groups is 1. The third-order valence-corrected chi connectivity index (χ3v) is 8.56. The zero-order chi connectivity index (χ0) is 28.9. The molecule has 9 heteroatoms. The molecule has 3 saturated heterocycles. The number of nitrogens with one attached hydrogen (secondary N) is 2. The summed E-state index contributed by atoms with van der Waals surface area (Å²) in [6.07, 6.45) is 1.01. The van der Waals surface area contributed by atoms with Gasteiger partial charge in [0.2, 0.25) is 17.7 Å². The van der Waals surface area contributed by atoms with Crippen molar-refractivity contribution in [3.63, 3.8) is 0 Å². The molecule has 3 fully saturated rings. The number of rotatable bonds is 9. The van der Waals surface area contributed by atoms with Gasteiger partial charge in [-0.15, -0.1) is 0 Å². The van der Waals surface area contributed by atoms with E-state index in [1.54, 1.807) is 29.2 Å². The van der Waals surface area contributed by atoms with Crippen LogP contribution in [0.4, 0.5) is 5.69 Å². The fourth-order valence-electron chi connectivity index (χ4n) is 7.05. The van der Waals surface area contributed by atoms with E-state index in [9.17, 15) is 19.5 Å². The van der Waals surface area contributed by atoms with Crippen molar-refractivity contribution in [3.05, 3.63) is 24.3 Å². The van der Waals surface area contributed by atoms with Gasteiger partial charge in [-0.25, -0.2) is 0 Å². The van der Waals surface area contributed by atoms with Crippen LogP contribution in [0, 0.1) is 23.7 Å². The molecule has 216 valence electrons. The summed E-state index contributed by atoms with van der Waals surface area (Å²) in [6.45, 7) is 15.8. The molecule has 0 radical (unpaired) electrons. The fraction of sp³-hybridized carbons (Fsp3) is 0.700. The zero-order valence-corrected chi connectivity index (χ0v) is 24.5. The smallest absolute Gasteiger partial charge is 0.246 e. The lowest BCUT2D eigenvalue weighted by atomic mass is 9.62. The van der Waals surface area contributed by atoms with E-state index in [1.165, 1.54) is 0 Å². The van der Waals surface area contributed by atoms with Crippen molar-refractivity contribution in [1.29, 1.82) is 0 Å². The number of amides is 3. The number of likely N-dealkylation sites (tertiary alicyclic amines) is 1. The maximum absolute atomic E-state index is 14.3. The molecule has 3 heterocycles.